The lowest BCUT2D eigenvalue weighted by Crippen LogP contribution is -2.56. The van der Waals surface area contributed by atoms with E-state index in [9.17, 15) is 27.6 Å². The van der Waals surface area contributed by atoms with Crippen molar-refractivity contribution in [3.63, 3.8) is 0 Å². The molecule has 4 saturated carbocycles. The van der Waals surface area contributed by atoms with Gasteiger partial charge in [0.15, 0.2) is 6.61 Å². The van der Waals surface area contributed by atoms with Gasteiger partial charge in [-0.15, -0.1) is 0 Å². The van der Waals surface area contributed by atoms with E-state index < -0.39 is 37.2 Å². The fourth-order valence-corrected chi connectivity index (χ4v) is 6.41. The van der Waals surface area contributed by atoms with Crippen molar-refractivity contribution in [2.45, 2.75) is 63.6 Å². The van der Waals surface area contributed by atoms with Crippen molar-refractivity contribution in [2.24, 2.45) is 23.2 Å². The molecule has 5 rings (SSSR count). The molecule has 1 aliphatic heterocycles. The fraction of sp³-hybridized carbons (Fsp3) is 0.850. The van der Waals surface area contributed by atoms with E-state index in [0.29, 0.717) is 37.1 Å². The summed E-state index contributed by atoms with van der Waals surface area (Å²) in [6, 6.07) is -0.745. The predicted octanol–water partition coefficient (Wildman–Crippen LogP) is 2.42. The summed E-state index contributed by atoms with van der Waals surface area (Å²) < 4.78 is 41.4. The van der Waals surface area contributed by atoms with Crippen LogP contribution in [0.4, 0.5) is 13.2 Å². The topological polar surface area (TPSA) is 75.7 Å². The monoisotopic (exact) mass is 416 g/mol. The van der Waals surface area contributed by atoms with Gasteiger partial charge in [0, 0.05) is 6.54 Å². The number of nitrogens with zero attached hydrogens (tertiary/aromatic N) is 1. The molecule has 0 unspecified atom stereocenters. The molecule has 0 aromatic heterocycles. The molecule has 4 bridgehead atoms. The highest BCUT2D eigenvalue weighted by Gasteiger charge is 2.57. The van der Waals surface area contributed by atoms with E-state index in [1.54, 1.807) is 10.2 Å². The van der Waals surface area contributed by atoms with E-state index in [-0.39, 0.29) is 11.3 Å². The summed E-state index contributed by atoms with van der Waals surface area (Å²) in [5.41, 5.74) is -0.359. The zero-order valence-electron chi connectivity index (χ0n) is 16.3. The molecule has 6 nitrogen and oxygen atoms in total. The van der Waals surface area contributed by atoms with Crippen molar-refractivity contribution in [1.29, 1.82) is 0 Å². The minimum absolute atomic E-state index is 0.0394. The average molecular weight is 416 g/mol. The Bertz CT molecular complexity index is 658. The van der Waals surface area contributed by atoms with Crippen LogP contribution < -0.4 is 5.32 Å². The first-order valence-corrected chi connectivity index (χ1v) is 10.5. The molecule has 162 valence electrons. The zero-order chi connectivity index (χ0) is 20.8. The van der Waals surface area contributed by atoms with Gasteiger partial charge in [0.1, 0.15) is 12.6 Å². The highest BCUT2D eigenvalue weighted by atomic mass is 19.4. The Morgan fingerprint density at radius 2 is 1.62 bits per heavy atom. The molecule has 5 aliphatic rings. The van der Waals surface area contributed by atoms with Crippen LogP contribution in [0.25, 0.3) is 0 Å². The maximum absolute atomic E-state index is 13.5. The van der Waals surface area contributed by atoms with Crippen LogP contribution in [0.3, 0.4) is 0 Å². The molecule has 0 radical (unpaired) electrons. The Labute approximate surface area is 167 Å². The van der Waals surface area contributed by atoms with E-state index in [0.717, 1.165) is 19.3 Å². The Kier molecular flexibility index (Phi) is 5.27. The summed E-state index contributed by atoms with van der Waals surface area (Å²) in [6.07, 6.45) is 2.95. The molecule has 1 N–H and O–H groups in total. The van der Waals surface area contributed by atoms with Crippen LogP contribution in [-0.2, 0) is 19.1 Å². The summed E-state index contributed by atoms with van der Waals surface area (Å²) in [7, 11) is 0. The number of nitrogens with one attached hydrogen (secondary N) is 1. The molecule has 1 atom stereocenters. The van der Waals surface area contributed by atoms with Gasteiger partial charge in [-0.1, -0.05) is 0 Å². The first-order chi connectivity index (χ1) is 13.7. The molecular formula is C20H27F3N2O4. The van der Waals surface area contributed by atoms with Crippen molar-refractivity contribution in [2.75, 3.05) is 19.7 Å². The summed E-state index contributed by atoms with van der Waals surface area (Å²) >= 11 is 0. The largest absolute Gasteiger partial charge is 0.454 e. The lowest BCUT2D eigenvalue weighted by atomic mass is 9.49. The standard InChI is InChI=1S/C20H27F3N2O4/c21-20(22,23)11-24-16(26)10-29-17(27)15-2-1-3-25(15)18(28)19-7-12-4-13(8-19)6-14(5-12)9-19/h12-15H,1-11H2,(H,24,26)/t12?,13?,14?,15-,19?/m0/s1. The number of alkyl halides is 3. The van der Waals surface area contributed by atoms with E-state index in [2.05, 4.69) is 0 Å². The van der Waals surface area contributed by atoms with Crippen LogP contribution >= 0.6 is 0 Å². The zero-order valence-corrected chi connectivity index (χ0v) is 16.3. The van der Waals surface area contributed by atoms with Gasteiger partial charge in [0.05, 0.1) is 5.41 Å². The van der Waals surface area contributed by atoms with Crippen LogP contribution in [0.1, 0.15) is 51.4 Å². The third kappa shape index (κ3) is 4.23. The Hall–Kier alpha value is -1.80. The summed E-state index contributed by atoms with van der Waals surface area (Å²) in [5.74, 6) is 0.148. The number of likely N-dealkylation sites (tertiary alicyclic amines) is 1. The normalized spacial score (nSPS) is 35.6. The van der Waals surface area contributed by atoms with Gasteiger partial charge in [-0.3, -0.25) is 9.59 Å². The van der Waals surface area contributed by atoms with Crippen molar-refractivity contribution < 1.29 is 32.3 Å². The minimum Gasteiger partial charge on any atom is -0.454 e. The van der Waals surface area contributed by atoms with E-state index in [4.69, 9.17) is 4.74 Å². The average Bonchev–Trinajstić information content (AvgIpc) is 3.11. The fourth-order valence-electron chi connectivity index (χ4n) is 6.41. The molecule has 4 aliphatic carbocycles. The van der Waals surface area contributed by atoms with Crippen LogP contribution in [0.15, 0.2) is 0 Å². The molecule has 29 heavy (non-hydrogen) atoms. The Morgan fingerprint density at radius 1 is 1.03 bits per heavy atom. The molecule has 0 spiro atoms. The molecule has 1 heterocycles. The third-order valence-electron chi connectivity index (χ3n) is 7.11. The number of halogens is 3. The van der Waals surface area contributed by atoms with Crippen LogP contribution in [0.2, 0.25) is 0 Å². The Balaban J connectivity index is 1.35. The van der Waals surface area contributed by atoms with Gasteiger partial charge < -0.3 is 15.0 Å². The number of esters is 1. The maximum atomic E-state index is 13.5. The number of hydrogen-bond donors (Lipinski definition) is 1. The molecule has 2 amide bonds. The van der Waals surface area contributed by atoms with Gasteiger partial charge in [-0.05, 0) is 69.1 Å². The first-order valence-electron chi connectivity index (χ1n) is 10.5. The molecule has 0 aromatic rings. The second kappa shape index (κ2) is 7.47. The van der Waals surface area contributed by atoms with Crippen molar-refractivity contribution in [3.8, 4) is 0 Å². The second-order valence-electron chi connectivity index (χ2n) is 9.35. The second-order valence-corrected chi connectivity index (χ2v) is 9.35. The molecule has 5 fully saturated rings. The molecule has 0 aromatic carbocycles. The third-order valence-corrected chi connectivity index (χ3v) is 7.11. The number of ether oxygens (including phenoxy) is 1. The van der Waals surface area contributed by atoms with Gasteiger partial charge in [0.25, 0.3) is 5.91 Å². The number of carbonyl (C=O) groups is 3. The van der Waals surface area contributed by atoms with E-state index in [1.807, 2.05) is 0 Å². The number of carbonyl (C=O) groups excluding carboxylic acids is 3. The quantitative estimate of drug-likeness (QED) is 0.699. The van der Waals surface area contributed by atoms with Gasteiger partial charge >= 0.3 is 12.1 Å². The number of hydrogen-bond acceptors (Lipinski definition) is 4. The first kappa shape index (κ1) is 20.5. The van der Waals surface area contributed by atoms with Crippen molar-refractivity contribution >= 4 is 17.8 Å². The predicted molar refractivity (Wildman–Crippen MR) is 95.4 cm³/mol. The SMILES string of the molecule is O=C(COC(=O)[C@@H]1CCCN1C(=O)C12CC3CC(CC(C3)C1)C2)NCC(F)(F)F. The smallest absolute Gasteiger partial charge is 0.405 e. The molecular weight excluding hydrogens is 389 g/mol. The van der Waals surface area contributed by atoms with Gasteiger partial charge in [-0.25, -0.2) is 4.79 Å². The van der Waals surface area contributed by atoms with Crippen molar-refractivity contribution in [3.05, 3.63) is 0 Å². The minimum atomic E-state index is -4.52. The van der Waals surface area contributed by atoms with E-state index in [1.165, 1.54) is 19.3 Å². The number of amides is 2. The summed E-state index contributed by atoms with van der Waals surface area (Å²) in [4.78, 5) is 39.1. The van der Waals surface area contributed by atoms with Gasteiger partial charge in [-0.2, -0.15) is 13.2 Å². The van der Waals surface area contributed by atoms with Crippen LogP contribution in [0.5, 0.6) is 0 Å². The van der Waals surface area contributed by atoms with Crippen LogP contribution in [-0.4, -0.2) is 54.6 Å². The molecule has 9 heteroatoms. The maximum Gasteiger partial charge on any atom is 0.405 e. The Morgan fingerprint density at radius 3 is 2.17 bits per heavy atom. The summed E-state index contributed by atoms with van der Waals surface area (Å²) in [6.45, 7) is -1.76. The van der Waals surface area contributed by atoms with Crippen LogP contribution in [0, 0.1) is 23.2 Å². The lowest BCUT2D eigenvalue weighted by Gasteiger charge is -2.56. The highest BCUT2D eigenvalue weighted by molar-refractivity contribution is 5.90. The van der Waals surface area contributed by atoms with Gasteiger partial charge in [0.2, 0.25) is 5.91 Å². The molecule has 1 saturated heterocycles. The van der Waals surface area contributed by atoms with E-state index >= 15 is 0 Å². The highest BCUT2D eigenvalue weighted by Crippen LogP contribution is 2.60. The number of rotatable bonds is 5. The lowest BCUT2D eigenvalue weighted by molar-refractivity contribution is -0.166. The van der Waals surface area contributed by atoms with Crippen molar-refractivity contribution in [1.82, 2.24) is 10.2 Å². The summed E-state index contributed by atoms with van der Waals surface area (Å²) in [5, 5.41) is 1.67.